The molecule has 0 radical (unpaired) electrons. The number of β-amino-alcohol motifs (C(OH)–C–C–N with tert-alkyl or cyclic N) is 1. The molecule has 2 aliphatic heterocycles. The Labute approximate surface area is 145 Å². The Hall–Kier alpha value is -1.47. The number of hydrogen-bond donors (Lipinski definition) is 1. The first-order valence-corrected chi connectivity index (χ1v) is 9.25. The van der Waals surface area contributed by atoms with Crippen LogP contribution in [0.5, 0.6) is 0 Å². The molecule has 1 N–H and O–H groups in total. The van der Waals surface area contributed by atoms with Crippen LogP contribution in [0.1, 0.15) is 16.1 Å². The molecule has 0 saturated carbocycles. The third-order valence-electron chi connectivity index (χ3n) is 4.88. The third-order valence-corrected chi connectivity index (χ3v) is 5.98. The summed E-state index contributed by atoms with van der Waals surface area (Å²) < 4.78 is 6.49. The first-order chi connectivity index (χ1) is 11.6. The van der Waals surface area contributed by atoms with E-state index in [2.05, 4.69) is 4.90 Å². The van der Waals surface area contributed by atoms with Crippen LogP contribution in [0.15, 0.2) is 30.3 Å². The molecule has 2 aromatic rings. The number of fused-ring (bicyclic) bond motifs is 1. The molecular weight excluding hydrogens is 324 g/mol. The lowest BCUT2D eigenvalue weighted by Crippen LogP contribution is -2.49. The van der Waals surface area contributed by atoms with Gasteiger partial charge in [0.2, 0.25) is 0 Å². The molecule has 1 amide bonds. The Bertz CT molecular complexity index is 708. The van der Waals surface area contributed by atoms with Crippen LogP contribution >= 0.6 is 11.3 Å². The highest BCUT2D eigenvalue weighted by Crippen LogP contribution is 2.29. The zero-order chi connectivity index (χ0) is 16.6. The van der Waals surface area contributed by atoms with Gasteiger partial charge in [-0.15, -0.1) is 11.3 Å². The van der Waals surface area contributed by atoms with Crippen molar-refractivity contribution in [3.63, 3.8) is 0 Å². The summed E-state index contributed by atoms with van der Waals surface area (Å²) in [6.45, 7) is 4.80. The van der Waals surface area contributed by atoms with Crippen molar-refractivity contribution < 1.29 is 14.6 Å². The molecule has 2 saturated heterocycles. The quantitative estimate of drug-likeness (QED) is 0.921. The molecule has 24 heavy (non-hydrogen) atoms. The zero-order valence-electron chi connectivity index (χ0n) is 13.6. The van der Waals surface area contributed by atoms with Gasteiger partial charge < -0.3 is 14.7 Å². The van der Waals surface area contributed by atoms with E-state index in [1.165, 1.54) is 11.3 Å². The van der Waals surface area contributed by atoms with Gasteiger partial charge in [0.05, 0.1) is 30.2 Å². The van der Waals surface area contributed by atoms with Crippen molar-refractivity contribution in [1.29, 1.82) is 0 Å². The second-order valence-electron chi connectivity index (χ2n) is 6.74. The van der Waals surface area contributed by atoms with E-state index < -0.39 is 5.60 Å². The van der Waals surface area contributed by atoms with E-state index in [-0.39, 0.29) is 5.91 Å². The lowest BCUT2D eigenvalue weighted by Gasteiger charge is -2.33. The molecule has 1 aromatic carbocycles. The second kappa shape index (κ2) is 6.44. The van der Waals surface area contributed by atoms with Gasteiger partial charge in [-0.2, -0.15) is 0 Å². The average Bonchev–Trinajstić information content (AvgIpc) is 3.19. The summed E-state index contributed by atoms with van der Waals surface area (Å²) in [5.74, 6) is 0.0362. The maximum Gasteiger partial charge on any atom is 0.264 e. The van der Waals surface area contributed by atoms with Crippen molar-refractivity contribution >= 4 is 27.3 Å². The average molecular weight is 346 g/mol. The molecule has 3 heterocycles. The predicted molar refractivity (Wildman–Crippen MR) is 94.6 cm³/mol. The van der Waals surface area contributed by atoms with Gasteiger partial charge in [-0.25, -0.2) is 0 Å². The van der Waals surface area contributed by atoms with E-state index in [9.17, 15) is 9.90 Å². The lowest BCUT2D eigenvalue weighted by atomic mass is 10.0. The van der Waals surface area contributed by atoms with Gasteiger partial charge in [0, 0.05) is 30.9 Å². The van der Waals surface area contributed by atoms with E-state index in [4.69, 9.17) is 4.74 Å². The fourth-order valence-corrected chi connectivity index (χ4v) is 4.61. The van der Waals surface area contributed by atoms with Gasteiger partial charge >= 0.3 is 0 Å². The molecule has 0 unspecified atom stereocenters. The number of hydrogen-bond acceptors (Lipinski definition) is 5. The molecule has 2 aliphatic rings. The van der Waals surface area contributed by atoms with Crippen molar-refractivity contribution in [3.8, 4) is 0 Å². The normalized spacial score (nSPS) is 25.5. The minimum Gasteiger partial charge on any atom is -0.387 e. The van der Waals surface area contributed by atoms with Gasteiger partial charge in [-0.3, -0.25) is 9.69 Å². The van der Waals surface area contributed by atoms with E-state index in [1.54, 1.807) is 4.90 Å². The summed E-state index contributed by atoms with van der Waals surface area (Å²) in [5.41, 5.74) is -0.802. The van der Waals surface area contributed by atoms with E-state index in [1.807, 2.05) is 30.3 Å². The molecular formula is C18H22N2O3S. The van der Waals surface area contributed by atoms with Crippen LogP contribution < -0.4 is 0 Å². The largest absolute Gasteiger partial charge is 0.387 e. The summed E-state index contributed by atoms with van der Waals surface area (Å²) in [4.78, 5) is 17.6. The number of amides is 1. The van der Waals surface area contributed by atoms with Crippen molar-refractivity contribution in [2.45, 2.75) is 12.0 Å². The Morgan fingerprint density at radius 3 is 2.83 bits per heavy atom. The summed E-state index contributed by atoms with van der Waals surface area (Å²) in [5, 5.41) is 12.0. The SMILES string of the molecule is O=C(c1cc2ccccc2s1)N1CC[C@](O)(CN2CCOCC2)C1. The lowest BCUT2D eigenvalue weighted by molar-refractivity contribution is -0.0257. The van der Waals surface area contributed by atoms with Crippen LogP contribution in [0.3, 0.4) is 0 Å². The van der Waals surface area contributed by atoms with Crippen molar-refractivity contribution in [2.24, 2.45) is 0 Å². The number of ether oxygens (including phenoxy) is 1. The van der Waals surface area contributed by atoms with E-state index in [0.717, 1.165) is 41.3 Å². The fraction of sp³-hybridized carbons (Fsp3) is 0.500. The van der Waals surface area contributed by atoms with Gasteiger partial charge in [-0.05, 0) is 23.9 Å². The van der Waals surface area contributed by atoms with Gasteiger partial charge in [0.15, 0.2) is 0 Å². The number of rotatable bonds is 3. The summed E-state index contributed by atoms with van der Waals surface area (Å²) in [6, 6.07) is 10.0. The van der Waals surface area contributed by atoms with Crippen LogP contribution in [0.25, 0.3) is 10.1 Å². The summed E-state index contributed by atoms with van der Waals surface area (Å²) in [7, 11) is 0. The number of morpholine rings is 1. The predicted octanol–water partition coefficient (Wildman–Crippen LogP) is 1.81. The Morgan fingerprint density at radius 1 is 1.25 bits per heavy atom. The molecule has 0 aliphatic carbocycles. The molecule has 6 heteroatoms. The molecule has 5 nitrogen and oxygen atoms in total. The van der Waals surface area contributed by atoms with Crippen LogP contribution in [-0.4, -0.2) is 72.4 Å². The number of benzene rings is 1. The molecule has 2 fully saturated rings. The standard InChI is InChI=1S/C18H22N2O3S/c21-17(16-11-14-3-1-2-4-15(14)24-16)20-6-5-18(22,13-20)12-19-7-9-23-10-8-19/h1-4,11,22H,5-10,12-13H2/t18-/m0/s1. The van der Waals surface area contributed by atoms with Crippen molar-refractivity contribution in [2.75, 3.05) is 45.9 Å². The Balaban J connectivity index is 1.44. The number of thiophene rings is 1. The molecule has 1 atom stereocenters. The second-order valence-corrected chi connectivity index (χ2v) is 7.82. The maximum atomic E-state index is 12.8. The zero-order valence-corrected chi connectivity index (χ0v) is 14.4. The van der Waals surface area contributed by atoms with E-state index >= 15 is 0 Å². The molecule has 0 spiro atoms. The maximum absolute atomic E-state index is 12.8. The van der Waals surface area contributed by atoms with Gasteiger partial charge in [0.25, 0.3) is 5.91 Å². The minimum absolute atomic E-state index is 0.0362. The number of carbonyl (C=O) groups is 1. The summed E-state index contributed by atoms with van der Waals surface area (Å²) >= 11 is 1.53. The topological polar surface area (TPSA) is 53.0 Å². The highest BCUT2D eigenvalue weighted by atomic mass is 32.1. The highest BCUT2D eigenvalue weighted by molar-refractivity contribution is 7.20. The molecule has 0 bridgehead atoms. The smallest absolute Gasteiger partial charge is 0.264 e. The number of likely N-dealkylation sites (tertiary alicyclic amines) is 1. The summed E-state index contributed by atoms with van der Waals surface area (Å²) in [6.07, 6.45) is 0.640. The number of aliphatic hydroxyl groups is 1. The van der Waals surface area contributed by atoms with Crippen molar-refractivity contribution in [1.82, 2.24) is 9.80 Å². The molecule has 128 valence electrons. The molecule has 1 aromatic heterocycles. The minimum atomic E-state index is -0.802. The fourth-order valence-electron chi connectivity index (χ4n) is 3.58. The first-order valence-electron chi connectivity index (χ1n) is 8.43. The number of nitrogens with zero attached hydrogens (tertiary/aromatic N) is 2. The Kier molecular flexibility index (Phi) is 4.30. The van der Waals surface area contributed by atoms with Crippen molar-refractivity contribution in [3.05, 3.63) is 35.2 Å². The Morgan fingerprint density at radius 2 is 2.04 bits per heavy atom. The highest BCUT2D eigenvalue weighted by Gasteiger charge is 2.40. The first kappa shape index (κ1) is 16.0. The van der Waals surface area contributed by atoms with Crippen LogP contribution in [0, 0.1) is 0 Å². The third kappa shape index (κ3) is 3.19. The van der Waals surface area contributed by atoms with Gasteiger partial charge in [-0.1, -0.05) is 18.2 Å². The van der Waals surface area contributed by atoms with E-state index in [0.29, 0.717) is 26.1 Å². The molecule has 4 rings (SSSR count). The monoisotopic (exact) mass is 346 g/mol. The van der Waals surface area contributed by atoms with Crippen LogP contribution in [-0.2, 0) is 4.74 Å². The van der Waals surface area contributed by atoms with Crippen LogP contribution in [0.2, 0.25) is 0 Å². The van der Waals surface area contributed by atoms with Gasteiger partial charge in [0.1, 0.15) is 0 Å². The number of carbonyl (C=O) groups excluding carboxylic acids is 1. The van der Waals surface area contributed by atoms with Crippen LogP contribution in [0.4, 0.5) is 0 Å².